The Balaban J connectivity index is 2.53. The summed E-state index contributed by atoms with van der Waals surface area (Å²) in [6, 6.07) is 0.578. The highest BCUT2D eigenvalue weighted by Gasteiger charge is 2.31. The highest BCUT2D eigenvalue weighted by atomic mass is 16.6. The van der Waals surface area contributed by atoms with E-state index in [1.54, 1.807) is 0 Å². The van der Waals surface area contributed by atoms with Crippen LogP contribution in [0.4, 0.5) is 4.79 Å². The third kappa shape index (κ3) is 7.56. The van der Waals surface area contributed by atoms with Crippen molar-refractivity contribution in [3.05, 3.63) is 0 Å². The Morgan fingerprint density at radius 1 is 1.04 bits per heavy atom. The first-order chi connectivity index (χ1) is 10.4. The lowest BCUT2D eigenvalue weighted by Gasteiger charge is -2.38. The molecule has 1 rings (SSSR count). The lowest BCUT2D eigenvalue weighted by Crippen LogP contribution is -2.51. The fourth-order valence-corrected chi connectivity index (χ4v) is 3.51. The Hall–Kier alpha value is -0.770. The van der Waals surface area contributed by atoms with Gasteiger partial charge in [-0.25, -0.2) is 4.79 Å². The van der Waals surface area contributed by atoms with Gasteiger partial charge in [-0.3, -0.25) is 0 Å². The van der Waals surface area contributed by atoms with Crippen molar-refractivity contribution in [1.82, 2.24) is 10.2 Å². The maximum atomic E-state index is 12.5. The minimum Gasteiger partial charge on any atom is -0.444 e. The van der Waals surface area contributed by atoms with Crippen LogP contribution in [0.3, 0.4) is 0 Å². The Morgan fingerprint density at radius 3 is 2.00 bits per heavy atom. The molecule has 1 fully saturated rings. The van der Waals surface area contributed by atoms with Crippen LogP contribution < -0.4 is 5.32 Å². The largest absolute Gasteiger partial charge is 0.444 e. The van der Waals surface area contributed by atoms with Gasteiger partial charge in [-0.1, -0.05) is 13.8 Å². The summed E-state index contributed by atoms with van der Waals surface area (Å²) in [7, 11) is 0. The number of hydrogen-bond acceptors (Lipinski definition) is 3. The molecule has 23 heavy (non-hydrogen) atoms. The Labute approximate surface area is 143 Å². The predicted molar refractivity (Wildman–Crippen MR) is 96.7 cm³/mol. The quantitative estimate of drug-likeness (QED) is 0.830. The monoisotopic (exact) mass is 326 g/mol. The number of hydrogen-bond donors (Lipinski definition) is 1. The van der Waals surface area contributed by atoms with Gasteiger partial charge in [0, 0.05) is 24.7 Å². The molecule has 1 N–H and O–H groups in total. The standard InChI is InChI=1S/C19H38N2O2/c1-14-11-15(2)13-16(12-14)20-9-10-21(18(3,4)5)17(22)23-19(6,7)8/h14-16,20H,9-13H2,1-8H3. The summed E-state index contributed by atoms with van der Waals surface area (Å²) in [6.07, 6.45) is 3.60. The van der Waals surface area contributed by atoms with E-state index in [4.69, 9.17) is 4.74 Å². The molecule has 136 valence electrons. The van der Waals surface area contributed by atoms with Gasteiger partial charge >= 0.3 is 6.09 Å². The highest BCUT2D eigenvalue weighted by molar-refractivity contribution is 5.69. The SMILES string of the molecule is CC1CC(C)CC(NCCN(C(=O)OC(C)(C)C)C(C)(C)C)C1. The van der Waals surface area contributed by atoms with Crippen molar-refractivity contribution in [1.29, 1.82) is 0 Å². The van der Waals surface area contributed by atoms with Crippen molar-refractivity contribution in [3.8, 4) is 0 Å². The van der Waals surface area contributed by atoms with Crippen LogP contribution in [0, 0.1) is 11.8 Å². The molecule has 2 unspecified atom stereocenters. The lowest BCUT2D eigenvalue weighted by atomic mass is 9.80. The normalized spacial score (nSPS) is 26.0. The van der Waals surface area contributed by atoms with Gasteiger partial charge in [0.25, 0.3) is 0 Å². The maximum absolute atomic E-state index is 12.5. The van der Waals surface area contributed by atoms with Gasteiger partial charge in [0.15, 0.2) is 0 Å². The lowest BCUT2D eigenvalue weighted by molar-refractivity contribution is 0.00626. The third-order valence-electron chi connectivity index (χ3n) is 4.37. The maximum Gasteiger partial charge on any atom is 0.410 e. The molecule has 0 bridgehead atoms. The number of ether oxygens (including phenoxy) is 1. The van der Waals surface area contributed by atoms with Crippen LogP contribution in [0.5, 0.6) is 0 Å². The summed E-state index contributed by atoms with van der Waals surface area (Å²) in [5, 5.41) is 3.65. The number of rotatable bonds is 4. The van der Waals surface area contributed by atoms with Crippen molar-refractivity contribution in [2.45, 2.75) is 91.8 Å². The number of carbonyl (C=O) groups excluding carboxylic acids is 1. The van der Waals surface area contributed by atoms with Crippen LogP contribution in [-0.4, -0.2) is 41.3 Å². The molecule has 1 saturated carbocycles. The average Bonchev–Trinajstić information content (AvgIpc) is 2.29. The third-order valence-corrected chi connectivity index (χ3v) is 4.37. The van der Waals surface area contributed by atoms with E-state index in [-0.39, 0.29) is 11.6 Å². The summed E-state index contributed by atoms with van der Waals surface area (Å²) >= 11 is 0. The second kappa shape index (κ2) is 7.87. The Kier molecular flexibility index (Phi) is 6.94. The zero-order valence-corrected chi connectivity index (χ0v) is 16.5. The second-order valence-electron chi connectivity index (χ2n) is 9.37. The average molecular weight is 327 g/mol. The topological polar surface area (TPSA) is 41.6 Å². The second-order valence-corrected chi connectivity index (χ2v) is 9.37. The number of carbonyl (C=O) groups is 1. The molecular weight excluding hydrogens is 288 g/mol. The molecule has 0 aromatic heterocycles. The molecule has 0 aliphatic heterocycles. The van der Waals surface area contributed by atoms with Gasteiger partial charge in [0.1, 0.15) is 5.60 Å². The van der Waals surface area contributed by atoms with Gasteiger partial charge < -0.3 is 15.0 Å². The Bertz CT molecular complexity index is 372. The van der Waals surface area contributed by atoms with Crippen LogP contribution in [0.15, 0.2) is 0 Å². The van der Waals surface area contributed by atoms with Gasteiger partial charge in [0.05, 0.1) is 0 Å². The smallest absolute Gasteiger partial charge is 0.410 e. The van der Waals surface area contributed by atoms with Crippen molar-refractivity contribution < 1.29 is 9.53 Å². The molecule has 0 saturated heterocycles. The fourth-order valence-electron chi connectivity index (χ4n) is 3.51. The molecule has 0 heterocycles. The molecule has 2 atom stereocenters. The fraction of sp³-hybridized carbons (Fsp3) is 0.947. The van der Waals surface area contributed by atoms with Crippen molar-refractivity contribution in [3.63, 3.8) is 0 Å². The van der Waals surface area contributed by atoms with Crippen LogP contribution >= 0.6 is 0 Å². The van der Waals surface area contributed by atoms with E-state index in [1.807, 2.05) is 25.7 Å². The predicted octanol–water partition coefficient (Wildman–Crippen LogP) is 4.44. The van der Waals surface area contributed by atoms with Gasteiger partial charge in [-0.05, 0) is 72.6 Å². The van der Waals surface area contributed by atoms with Gasteiger partial charge in [-0.2, -0.15) is 0 Å². The van der Waals surface area contributed by atoms with Crippen LogP contribution in [0.25, 0.3) is 0 Å². The van der Waals surface area contributed by atoms with Crippen molar-refractivity contribution >= 4 is 6.09 Å². The number of amides is 1. The first-order valence-electron chi connectivity index (χ1n) is 9.12. The van der Waals surface area contributed by atoms with E-state index >= 15 is 0 Å². The molecular formula is C19H38N2O2. The molecule has 4 heteroatoms. The summed E-state index contributed by atoms with van der Waals surface area (Å²) < 4.78 is 5.56. The minimum absolute atomic E-state index is 0.225. The van der Waals surface area contributed by atoms with E-state index in [0.29, 0.717) is 12.6 Å². The van der Waals surface area contributed by atoms with Crippen LogP contribution in [0.2, 0.25) is 0 Å². The zero-order chi connectivity index (χ0) is 17.8. The molecule has 4 nitrogen and oxygen atoms in total. The van der Waals surface area contributed by atoms with E-state index < -0.39 is 5.60 Å². The molecule has 1 aliphatic carbocycles. The first-order valence-corrected chi connectivity index (χ1v) is 9.12. The van der Waals surface area contributed by atoms with E-state index in [1.165, 1.54) is 19.3 Å². The summed E-state index contributed by atoms with van der Waals surface area (Å²) in [5.41, 5.74) is -0.695. The zero-order valence-electron chi connectivity index (χ0n) is 16.5. The molecule has 1 aliphatic rings. The van der Waals surface area contributed by atoms with Gasteiger partial charge in [0.2, 0.25) is 0 Å². The molecule has 0 aromatic carbocycles. The van der Waals surface area contributed by atoms with Crippen LogP contribution in [0.1, 0.15) is 74.7 Å². The summed E-state index contributed by atoms with van der Waals surface area (Å²) in [4.78, 5) is 14.3. The van der Waals surface area contributed by atoms with Gasteiger partial charge in [-0.15, -0.1) is 0 Å². The van der Waals surface area contributed by atoms with E-state index in [0.717, 1.165) is 18.4 Å². The van der Waals surface area contributed by atoms with Crippen molar-refractivity contribution in [2.24, 2.45) is 11.8 Å². The Morgan fingerprint density at radius 2 is 1.57 bits per heavy atom. The molecule has 0 aromatic rings. The summed E-state index contributed by atoms with van der Waals surface area (Å²) in [6.45, 7) is 18.1. The summed E-state index contributed by atoms with van der Waals surface area (Å²) in [5.74, 6) is 1.58. The molecule has 0 spiro atoms. The number of nitrogens with zero attached hydrogens (tertiary/aromatic N) is 1. The van der Waals surface area contributed by atoms with Crippen LogP contribution in [-0.2, 0) is 4.74 Å². The van der Waals surface area contributed by atoms with E-state index in [2.05, 4.69) is 39.9 Å². The van der Waals surface area contributed by atoms with E-state index in [9.17, 15) is 4.79 Å². The minimum atomic E-state index is -0.456. The molecule has 0 radical (unpaired) electrons. The highest BCUT2D eigenvalue weighted by Crippen LogP contribution is 2.28. The van der Waals surface area contributed by atoms with Crippen molar-refractivity contribution in [2.75, 3.05) is 13.1 Å². The molecule has 1 amide bonds. The number of nitrogens with one attached hydrogen (secondary N) is 1. The first kappa shape index (κ1) is 20.3.